The third kappa shape index (κ3) is 4.83. The topological polar surface area (TPSA) is 48.0 Å². The number of para-hydroxylation sites is 1. The van der Waals surface area contributed by atoms with Crippen molar-refractivity contribution in [3.05, 3.63) is 51.5 Å². The molecule has 1 unspecified atom stereocenters. The maximum atomic E-state index is 12.7. The van der Waals surface area contributed by atoms with Crippen LogP contribution in [0.1, 0.15) is 12.5 Å². The van der Waals surface area contributed by atoms with E-state index in [2.05, 4.69) is 15.9 Å². The summed E-state index contributed by atoms with van der Waals surface area (Å²) in [5.74, 6) is 1.64. The minimum atomic E-state index is -0.658. The van der Waals surface area contributed by atoms with Crippen LogP contribution < -0.4 is 14.2 Å². The third-order valence-corrected chi connectivity index (χ3v) is 4.67. The van der Waals surface area contributed by atoms with Crippen molar-refractivity contribution < 1.29 is 19.0 Å². The minimum Gasteiger partial charge on any atom is -0.493 e. The fourth-order valence-electron chi connectivity index (χ4n) is 2.53. The van der Waals surface area contributed by atoms with Crippen LogP contribution in [0.25, 0.3) is 0 Å². The summed E-state index contributed by atoms with van der Waals surface area (Å²) in [6, 6.07) is 10.7. The molecule has 0 aliphatic heterocycles. The van der Waals surface area contributed by atoms with Crippen molar-refractivity contribution in [2.45, 2.75) is 19.6 Å². The van der Waals surface area contributed by atoms with Crippen molar-refractivity contribution in [3.63, 3.8) is 0 Å². The van der Waals surface area contributed by atoms with Crippen LogP contribution >= 0.6 is 27.5 Å². The molecule has 0 fully saturated rings. The molecule has 0 aromatic heterocycles. The molecule has 0 bridgehead atoms. The Bertz CT molecular complexity index is 784. The summed E-state index contributed by atoms with van der Waals surface area (Å²) in [5, 5.41) is 0.588. The Morgan fingerprint density at radius 2 is 1.92 bits per heavy atom. The van der Waals surface area contributed by atoms with Gasteiger partial charge in [-0.15, -0.1) is 0 Å². The molecule has 140 valence electrons. The molecule has 1 atom stereocenters. The van der Waals surface area contributed by atoms with Gasteiger partial charge in [-0.25, -0.2) is 0 Å². The van der Waals surface area contributed by atoms with Gasteiger partial charge in [0.25, 0.3) is 5.91 Å². The van der Waals surface area contributed by atoms with E-state index in [1.807, 2.05) is 18.2 Å². The van der Waals surface area contributed by atoms with Gasteiger partial charge in [0, 0.05) is 24.2 Å². The number of hydrogen-bond donors (Lipinski definition) is 0. The van der Waals surface area contributed by atoms with Gasteiger partial charge in [-0.05, 0) is 47.1 Å². The number of likely N-dealkylation sites (N-methyl/N-ethyl adjacent to an activating group) is 1. The van der Waals surface area contributed by atoms with E-state index >= 15 is 0 Å². The number of amides is 1. The molecule has 0 spiro atoms. The summed E-state index contributed by atoms with van der Waals surface area (Å²) < 4.78 is 17.2. The second-order valence-electron chi connectivity index (χ2n) is 5.68. The number of carbonyl (C=O) groups is 1. The van der Waals surface area contributed by atoms with Crippen molar-refractivity contribution in [3.8, 4) is 17.2 Å². The molecule has 0 aliphatic carbocycles. The van der Waals surface area contributed by atoms with Crippen molar-refractivity contribution in [2.75, 3.05) is 21.3 Å². The zero-order valence-electron chi connectivity index (χ0n) is 15.1. The van der Waals surface area contributed by atoms with Crippen LogP contribution in [0.5, 0.6) is 17.2 Å². The molecule has 2 rings (SSSR count). The van der Waals surface area contributed by atoms with Gasteiger partial charge in [0.1, 0.15) is 5.75 Å². The summed E-state index contributed by atoms with van der Waals surface area (Å²) in [4.78, 5) is 14.3. The summed E-state index contributed by atoms with van der Waals surface area (Å²) in [6.07, 6.45) is -0.658. The predicted octanol–water partition coefficient (Wildman–Crippen LogP) is 4.55. The van der Waals surface area contributed by atoms with Gasteiger partial charge >= 0.3 is 0 Å². The molecule has 0 saturated carbocycles. The van der Waals surface area contributed by atoms with Crippen molar-refractivity contribution in [1.29, 1.82) is 0 Å². The highest BCUT2D eigenvalue weighted by atomic mass is 79.9. The standard InChI is InChI=1S/C19H21BrClNO4/c1-12(26-16-9-8-14(21)10-15(16)20)19(23)22(2)11-13-6-5-7-17(24-3)18(13)25-4/h5-10,12H,11H2,1-4H3. The molecular weight excluding hydrogens is 422 g/mol. The SMILES string of the molecule is COc1cccc(CN(C)C(=O)C(C)Oc2ccc(Cl)cc2Br)c1OC. The average molecular weight is 443 g/mol. The maximum absolute atomic E-state index is 12.7. The molecule has 26 heavy (non-hydrogen) atoms. The monoisotopic (exact) mass is 441 g/mol. The van der Waals surface area contributed by atoms with E-state index in [-0.39, 0.29) is 5.91 Å². The lowest BCUT2D eigenvalue weighted by Crippen LogP contribution is -2.37. The van der Waals surface area contributed by atoms with E-state index in [4.69, 9.17) is 25.8 Å². The predicted molar refractivity (Wildman–Crippen MR) is 105 cm³/mol. The molecule has 0 N–H and O–H groups in total. The number of methoxy groups -OCH3 is 2. The highest BCUT2D eigenvalue weighted by molar-refractivity contribution is 9.10. The Hall–Kier alpha value is -1.92. The lowest BCUT2D eigenvalue weighted by molar-refractivity contribution is -0.137. The number of ether oxygens (including phenoxy) is 3. The molecule has 5 nitrogen and oxygen atoms in total. The molecule has 0 aliphatic rings. The smallest absolute Gasteiger partial charge is 0.263 e. The lowest BCUT2D eigenvalue weighted by Gasteiger charge is -2.24. The molecule has 0 radical (unpaired) electrons. The third-order valence-electron chi connectivity index (χ3n) is 3.81. The van der Waals surface area contributed by atoms with Gasteiger partial charge in [-0.1, -0.05) is 23.7 Å². The van der Waals surface area contributed by atoms with E-state index in [1.54, 1.807) is 51.3 Å². The van der Waals surface area contributed by atoms with Crippen LogP contribution in [0.3, 0.4) is 0 Å². The van der Waals surface area contributed by atoms with E-state index < -0.39 is 6.10 Å². The molecule has 0 heterocycles. The van der Waals surface area contributed by atoms with Gasteiger partial charge in [0.05, 0.1) is 18.7 Å². The number of hydrogen-bond acceptors (Lipinski definition) is 4. The summed E-state index contributed by atoms with van der Waals surface area (Å²) in [5.41, 5.74) is 0.850. The summed E-state index contributed by atoms with van der Waals surface area (Å²) >= 11 is 9.31. The van der Waals surface area contributed by atoms with E-state index in [9.17, 15) is 4.79 Å². The molecule has 0 saturated heterocycles. The number of nitrogens with zero attached hydrogens (tertiary/aromatic N) is 1. The molecular formula is C19H21BrClNO4. The summed E-state index contributed by atoms with van der Waals surface area (Å²) in [7, 11) is 4.88. The first-order chi connectivity index (χ1) is 12.4. The lowest BCUT2D eigenvalue weighted by atomic mass is 10.1. The molecule has 7 heteroatoms. The molecule has 2 aromatic rings. The van der Waals surface area contributed by atoms with Gasteiger partial charge in [-0.2, -0.15) is 0 Å². The van der Waals surface area contributed by atoms with Gasteiger partial charge < -0.3 is 19.1 Å². The second-order valence-corrected chi connectivity index (χ2v) is 6.97. The van der Waals surface area contributed by atoms with E-state index in [0.717, 1.165) is 5.56 Å². The largest absolute Gasteiger partial charge is 0.493 e. The Labute approximate surface area is 166 Å². The minimum absolute atomic E-state index is 0.156. The average Bonchev–Trinajstić information content (AvgIpc) is 2.62. The first-order valence-electron chi connectivity index (χ1n) is 7.94. The van der Waals surface area contributed by atoms with Crippen LogP contribution in [-0.2, 0) is 11.3 Å². The highest BCUT2D eigenvalue weighted by Gasteiger charge is 2.22. The van der Waals surface area contributed by atoms with Crippen LogP contribution in [-0.4, -0.2) is 38.2 Å². The maximum Gasteiger partial charge on any atom is 0.263 e. The van der Waals surface area contributed by atoms with Crippen molar-refractivity contribution in [2.24, 2.45) is 0 Å². The highest BCUT2D eigenvalue weighted by Crippen LogP contribution is 2.32. The number of carbonyl (C=O) groups excluding carboxylic acids is 1. The number of halogens is 2. The fourth-order valence-corrected chi connectivity index (χ4v) is 3.31. The first kappa shape index (κ1) is 20.4. The number of benzene rings is 2. The fraction of sp³-hybridized carbons (Fsp3) is 0.316. The van der Waals surface area contributed by atoms with Crippen LogP contribution in [0.15, 0.2) is 40.9 Å². The van der Waals surface area contributed by atoms with Gasteiger partial charge in [-0.3, -0.25) is 4.79 Å². The van der Waals surface area contributed by atoms with Crippen LogP contribution in [0.4, 0.5) is 0 Å². The molecule has 1 amide bonds. The van der Waals surface area contributed by atoms with E-state index in [0.29, 0.717) is 33.3 Å². The quantitative estimate of drug-likeness (QED) is 0.631. The Morgan fingerprint density at radius 3 is 2.54 bits per heavy atom. The second kappa shape index (κ2) is 9.14. The van der Waals surface area contributed by atoms with Crippen molar-refractivity contribution >= 4 is 33.4 Å². The first-order valence-corrected chi connectivity index (χ1v) is 9.11. The van der Waals surface area contributed by atoms with Crippen LogP contribution in [0.2, 0.25) is 5.02 Å². The van der Waals surface area contributed by atoms with Crippen molar-refractivity contribution in [1.82, 2.24) is 4.90 Å². The zero-order chi connectivity index (χ0) is 19.3. The normalized spacial score (nSPS) is 11.6. The Morgan fingerprint density at radius 1 is 1.19 bits per heavy atom. The zero-order valence-corrected chi connectivity index (χ0v) is 17.4. The Balaban J connectivity index is 2.09. The summed E-state index contributed by atoms with van der Waals surface area (Å²) in [6.45, 7) is 2.08. The Kier molecular flexibility index (Phi) is 7.17. The van der Waals surface area contributed by atoms with Crippen LogP contribution in [0, 0.1) is 0 Å². The number of rotatable bonds is 7. The molecule has 2 aromatic carbocycles. The van der Waals surface area contributed by atoms with Gasteiger partial charge in [0.15, 0.2) is 17.6 Å². The van der Waals surface area contributed by atoms with E-state index in [1.165, 1.54) is 0 Å². The van der Waals surface area contributed by atoms with Gasteiger partial charge in [0.2, 0.25) is 0 Å².